The maximum Gasteiger partial charge on any atom is 0.258 e. The predicted molar refractivity (Wildman–Crippen MR) is 117 cm³/mol. The zero-order valence-electron chi connectivity index (χ0n) is 16.7. The van der Waals surface area contributed by atoms with Crippen molar-refractivity contribution >= 4 is 5.91 Å². The van der Waals surface area contributed by atoms with Gasteiger partial charge in [-0.25, -0.2) is 4.98 Å². The van der Waals surface area contributed by atoms with Crippen molar-refractivity contribution in [3.8, 4) is 22.6 Å². The van der Waals surface area contributed by atoms with Crippen molar-refractivity contribution in [2.24, 2.45) is 0 Å². The SMILES string of the molecule is C[C@@H](NC(=O)COc1ccc(-c2ccccc2)cc1)c1ccc(-n2ccnc2)cc1. The molecule has 1 amide bonds. The topological polar surface area (TPSA) is 56.1 Å². The Kier molecular flexibility index (Phi) is 5.90. The van der Waals surface area contributed by atoms with E-state index in [1.165, 1.54) is 0 Å². The first-order chi connectivity index (χ1) is 14.7. The molecule has 0 unspecified atom stereocenters. The molecule has 3 aromatic carbocycles. The van der Waals surface area contributed by atoms with Crippen LogP contribution in [0.2, 0.25) is 0 Å². The van der Waals surface area contributed by atoms with Gasteiger partial charge in [0.1, 0.15) is 5.75 Å². The summed E-state index contributed by atoms with van der Waals surface area (Å²) in [5, 5.41) is 2.97. The van der Waals surface area contributed by atoms with Crippen LogP contribution in [0.25, 0.3) is 16.8 Å². The summed E-state index contributed by atoms with van der Waals surface area (Å²) in [5.74, 6) is 0.510. The number of aromatic nitrogens is 2. The van der Waals surface area contributed by atoms with Gasteiger partial charge in [0.05, 0.1) is 12.4 Å². The third kappa shape index (κ3) is 4.75. The van der Waals surface area contributed by atoms with E-state index in [9.17, 15) is 4.79 Å². The highest BCUT2D eigenvalue weighted by Gasteiger charge is 2.10. The summed E-state index contributed by atoms with van der Waals surface area (Å²) in [6.07, 6.45) is 5.39. The lowest BCUT2D eigenvalue weighted by atomic mass is 10.1. The van der Waals surface area contributed by atoms with Gasteiger partial charge in [0.2, 0.25) is 0 Å². The van der Waals surface area contributed by atoms with Crippen LogP contribution in [0.5, 0.6) is 5.75 Å². The molecule has 4 rings (SSSR count). The van der Waals surface area contributed by atoms with Crippen LogP contribution in [-0.2, 0) is 4.79 Å². The summed E-state index contributed by atoms with van der Waals surface area (Å²) in [5.41, 5.74) is 4.31. The average Bonchev–Trinajstić information content (AvgIpc) is 3.34. The minimum Gasteiger partial charge on any atom is -0.484 e. The molecule has 0 radical (unpaired) electrons. The summed E-state index contributed by atoms with van der Waals surface area (Å²) >= 11 is 0. The van der Waals surface area contributed by atoms with Crippen molar-refractivity contribution in [2.45, 2.75) is 13.0 Å². The Balaban J connectivity index is 1.29. The number of nitrogens with one attached hydrogen (secondary N) is 1. The van der Waals surface area contributed by atoms with Gasteiger partial charge in [0.15, 0.2) is 6.61 Å². The normalized spacial score (nSPS) is 11.6. The van der Waals surface area contributed by atoms with Crippen LogP contribution < -0.4 is 10.1 Å². The number of imidazole rings is 1. The highest BCUT2D eigenvalue weighted by atomic mass is 16.5. The van der Waals surface area contributed by atoms with Crippen LogP contribution in [0.15, 0.2) is 97.6 Å². The first kappa shape index (κ1) is 19.5. The van der Waals surface area contributed by atoms with Crippen LogP contribution in [0.1, 0.15) is 18.5 Å². The van der Waals surface area contributed by atoms with E-state index in [4.69, 9.17) is 4.74 Å². The molecule has 1 aromatic heterocycles. The second kappa shape index (κ2) is 9.09. The lowest BCUT2D eigenvalue weighted by Crippen LogP contribution is -2.31. The molecule has 1 heterocycles. The van der Waals surface area contributed by atoms with E-state index in [0.717, 1.165) is 22.4 Å². The Labute approximate surface area is 176 Å². The fraction of sp³-hybridized carbons (Fsp3) is 0.120. The minimum absolute atomic E-state index is 0.0257. The number of carbonyl (C=O) groups excluding carboxylic acids is 1. The fourth-order valence-corrected chi connectivity index (χ4v) is 3.24. The minimum atomic E-state index is -0.159. The second-order valence-electron chi connectivity index (χ2n) is 7.03. The van der Waals surface area contributed by atoms with Gasteiger partial charge in [0.25, 0.3) is 5.91 Å². The Morgan fingerprint density at radius 1 is 0.967 bits per heavy atom. The molecular weight excluding hydrogens is 374 g/mol. The summed E-state index contributed by atoms with van der Waals surface area (Å²) in [7, 11) is 0. The van der Waals surface area contributed by atoms with E-state index >= 15 is 0 Å². The first-order valence-corrected chi connectivity index (χ1v) is 9.85. The number of benzene rings is 3. The standard InChI is InChI=1S/C25H23N3O2/c1-19(20-7-11-23(12-8-20)28-16-15-26-18-28)27-25(29)17-30-24-13-9-22(10-14-24)21-5-3-2-4-6-21/h2-16,18-19H,17H2,1H3,(H,27,29)/t19-/m1/s1. The van der Waals surface area contributed by atoms with Gasteiger partial charge < -0.3 is 14.6 Å². The van der Waals surface area contributed by atoms with Crippen molar-refractivity contribution < 1.29 is 9.53 Å². The van der Waals surface area contributed by atoms with Gasteiger partial charge in [0, 0.05) is 18.1 Å². The van der Waals surface area contributed by atoms with Gasteiger partial charge in [-0.2, -0.15) is 0 Å². The maximum atomic E-state index is 12.3. The van der Waals surface area contributed by atoms with E-state index in [-0.39, 0.29) is 18.6 Å². The number of nitrogens with zero attached hydrogens (tertiary/aromatic N) is 2. The second-order valence-corrected chi connectivity index (χ2v) is 7.03. The van der Waals surface area contributed by atoms with E-state index in [1.807, 2.05) is 84.4 Å². The first-order valence-electron chi connectivity index (χ1n) is 9.85. The van der Waals surface area contributed by atoms with Crippen molar-refractivity contribution in [1.82, 2.24) is 14.9 Å². The molecule has 5 nitrogen and oxygen atoms in total. The van der Waals surface area contributed by atoms with Gasteiger partial charge in [-0.3, -0.25) is 4.79 Å². The largest absolute Gasteiger partial charge is 0.484 e. The summed E-state index contributed by atoms with van der Waals surface area (Å²) in [6, 6.07) is 25.8. The molecule has 1 atom stereocenters. The van der Waals surface area contributed by atoms with Crippen molar-refractivity contribution in [3.63, 3.8) is 0 Å². The lowest BCUT2D eigenvalue weighted by Gasteiger charge is -2.15. The molecule has 1 N–H and O–H groups in total. The van der Waals surface area contributed by atoms with Crippen LogP contribution in [0, 0.1) is 0 Å². The highest BCUT2D eigenvalue weighted by molar-refractivity contribution is 5.78. The van der Waals surface area contributed by atoms with Gasteiger partial charge >= 0.3 is 0 Å². The lowest BCUT2D eigenvalue weighted by molar-refractivity contribution is -0.123. The Bertz CT molecular complexity index is 1070. The summed E-state index contributed by atoms with van der Waals surface area (Å²) in [4.78, 5) is 16.3. The molecule has 0 aliphatic carbocycles. The number of ether oxygens (including phenoxy) is 1. The Morgan fingerprint density at radius 2 is 1.67 bits per heavy atom. The zero-order valence-corrected chi connectivity index (χ0v) is 16.7. The van der Waals surface area contributed by atoms with Gasteiger partial charge in [-0.05, 0) is 47.9 Å². The molecule has 5 heteroatoms. The average molecular weight is 397 g/mol. The molecule has 0 aliphatic heterocycles. The number of amides is 1. The highest BCUT2D eigenvalue weighted by Crippen LogP contribution is 2.22. The van der Waals surface area contributed by atoms with Crippen LogP contribution in [0.3, 0.4) is 0 Å². The van der Waals surface area contributed by atoms with Crippen LogP contribution in [0.4, 0.5) is 0 Å². The molecule has 0 bridgehead atoms. The quantitative estimate of drug-likeness (QED) is 0.488. The molecule has 0 spiro atoms. The molecule has 30 heavy (non-hydrogen) atoms. The van der Waals surface area contributed by atoms with Crippen molar-refractivity contribution in [1.29, 1.82) is 0 Å². The van der Waals surface area contributed by atoms with Crippen LogP contribution in [-0.4, -0.2) is 22.1 Å². The summed E-state index contributed by atoms with van der Waals surface area (Å²) in [6.45, 7) is 1.93. The molecule has 4 aromatic rings. The summed E-state index contributed by atoms with van der Waals surface area (Å²) < 4.78 is 7.58. The predicted octanol–water partition coefficient (Wildman–Crippen LogP) is 4.80. The zero-order chi connectivity index (χ0) is 20.8. The van der Waals surface area contributed by atoms with Gasteiger partial charge in [-0.1, -0.05) is 54.6 Å². The van der Waals surface area contributed by atoms with E-state index in [1.54, 1.807) is 12.5 Å². The van der Waals surface area contributed by atoms with Crippen molar-refractivity contribution in [3.05, 3.63) is 103 Å². The monoisotopic (exact) mass is 397 g/mol. The van der Waals surface area contributed by atoms with Crippen molar-refractivity contribution in [2.75, 3.05) is 6.61 Å². The number of hydrogen-bond donors (Lipinski definition) is 1. The third-order valence-electron chi connectivity index (χ3n) is 4.90. The molecule has 0 saturated heterocycles. The van der Waals surface area contributed by atoms with E-state index in [2.05, 4.69) is 22.4 Å². The molecule has 0 aliphatic rings. The molecule has 150 valence electrons. The fourth-order valence-electron chi connectivity index (χ4n) is 3.24. The number of rotatable bonds is 7. The number of hydrogen-bond acceptors (Lipinski definition) is 3. The maximum absolute atomic E-state index is 12.3. The Morgan fingerprint density at radius 3 is 2.33 bits per heavy atom. The molecule has 0 fully saturated rings. The van der Waals surface area contributed by atoms with Crippen LogP contribution >= 0.6 is 0 Å². The molecular formula is C25H23N3O2. The third-order valence-corrected chi connectivity index (χ3v) is 4.90. The number of carbonyl (C=O) groups is 1. The molecule has 0 saturated carbocycles. The van der Waals surface area contributed by atoms with Gasteiger partial charge in [-0.15, -0.1) is 0 Å². The smallest absolute Gasteiger partial charge is 0.258 e. The van der Waals surface area contributed by atoms with E-state index < -0.39 is 0 Å². The van der Waals surface area contributed by atoms with E-state index in [0.29, 0.717) is 5.75 Å². The Hall–Kier alpha value is -3.86.